The van der Waals surface area contributed by atoms with E-state index in [-0.39, 0.29) is 12.1 Å². The molecule has 1 rings (SSSR count). The van der Waals surface area contributed by atoms with E-state index in [1.165, 1.54) is 17.2 Å². The molecule has 0 saturated carbocycles. The Balaban J connectivity index is 3.00. The quantitative estimate of drug-likeness (QED) is 0.569. The summed E-state index contributed by atoms with van der Waals surface area (Å²) in [6.07, 6.45) is 2.87. The first kappa shape index (κ1) is 13.5. The zero-order valence-electron chi connectivity index (χ0n) is 10.8. The van der Waals surface area contributed by atoms with E-state index >= 15 is 0 Å². The largest absolute Gasteiger partial charge is 0.454 e. The topological polar surface area (TPSA) is 26.3 Å². The van der Waals surface area contributed by atoms with Crippen LogP contribution in [0.1, 0.15) is 42.6 Å². The van der Waals surface area contributed by atoms with Crippen LogP contribution < -0.4 is 0 Å². The molecule has 1 aromatic carbocycles. The van der Waals surface area contributed by atoms with Crippen molar-refractivity contribution in [2.45, 2.75) is 39.7 Å². The van der Waals surface area contributed by atoms with Crippen LogP contribution in [0, 0.1) is 13.8 Å². The highest BCUT2D eigenvalue weighted by molar-refractivity contribution is 5.81. The van der Waals surface area contributed by atoms with E-state index in [0.717, 1.165) is 18.4 Å². The molecule has 0 radical (unpaired) electrons. The van der Waals surface area contributed by atoms with E-state index in [0.29, 0.717) is 0 Å². The molecule has 0 saturated heterocycles. The van der Waals surface area contributed by atoms with Gasteiger partial charge in [0, 0.05) is 6.08 Å². The van der Waals surface area contributed by atoms with Gasteiger partial charge in [0.05, 0.1) is 0 Å². The minimum atomic E-state index is -0.357. The summed E-state index contributed by atoms with van der Waals surface area (Å²) in [5.74, 6) is -0.357. The molecular weight excluding hydrogens is 212 g/mol. The normalized spacial score (nSPS) is 11.9. The van der Waals surface area contributed by atoms with Gasteiger partial charge in [-0.2, -0.15) is 0 Å². The lowest BCUT2D eigenvalue weighted by atomic mass is 9.96. The van der Waals surface area contributed by atoms with Crippen molar-refractivity contribution in [3.05, 3.63) is 47.5 Å². The number of carbonyl (C=O) groups is 1. The van der Waals surface area contributed by atoms with Gasteiger partial charge in [0.2, 0.25) is 0 Å². The maximum Gasteiger partial charge on any atom is 0.330 e. The number of aryl methyl sites for hydroxylation is 1. The molecule has 0 bridgehead atoms. The van der Waals surface area contributed by atoms with Crippen LogP contribution in [-0.4, -0.2) is 5.97 Å². The summed E-state index contributed by atoms with van der Waals surface area (Å²) in [7, 11) is 0. The van der Waals surface area contributed by atoms with Crippen LogP contribution in [0.5, 0.6) is 0 Å². The highest BCUT2D eigenvalue weighted by atomic mass is 16.5. The molecule has 0 spiro atoms. The standard InChI is InChI=1S/C15H20O2/c1-5-8-14(17-15(16)6-2)13-10-7-9-11(3)12(13)4/h6-7,9-10,14H,2,5,8H2,1,3-4H3. The van der Waals surface area contributed by atoms with Crippen LogP contribution in [0.25, 0.3) is 0 Å². The summed E-state index contributed by atoms with van der Waals surface area (Å²) >= 11 is 0. The first-order chi connectivity index (χ1) is 8.10. The van der Waals surface area contributed by atoms with Crippen LogP contribution in [0.3, 0.4) is 0 Å². The second-order valence-electron chi connectivity index (χ2n) is 4.21. The van der Waals surface area contributed by atoms with Gasteiger partial charge in [0.15, 0.2) is 0 Å². The predicted molar refractivity (Wildman–Crippen MR) is 69.9 cm³/mol. The Morgan fingerprint density at radius 3 is 2.76 bits per heavy atom. The van der Waals surface area contributed by atoms with Crippen LogP contribution in [0.4, 0.5) is 0 Å². The molecule has 0 amide bonds. The number of rotatable bonds is 5. The molecule has 92 valence electrons. The fraction of sp³-hybridized carbons (Fsp3) is 0.400. The second kappa shape index (κ2) is 6.24. The molecular formula is C15H20O2. The fourth-order valence-electron chi connectivity index (χ4n) is 1.85. The third kappa shape index (κ3) is 3.45. The number of benzene rings is 1. The Morgan fingerprint density at radius 1 is 1.47 bits per heavy atom. The Morgan fingerprint density at radius 2 is 2.18 bits per heavy atom. The van der Waals surface area contributed by atoms with E-state index in [2.05, 4.69) is 33.4 Å². The molecule has 0 fully saturated rings. The molecule has 1 unspecified atom stereocenters. The molecule has 17 heavy (non-hydrogen) atoms. The van der Waals surface area contributed by atoms with Crippen molar-refractivity contribution in [3.8, 4) is 0 Å². The fourth-order valence-corrected chi connectivity index (χ4v) is 1.85. The van der Waals surface area contributed by atoms with Gasteiger partial charge in [-0.25, -0.2) is 4.79 Å². The molecule has 2 nitrogen and oxygen atoms in total. The monoisotopic (exact) mass is 232 g/mol. The lowest BCUT2D eigenvalue weighted by molar-refractivity contribution is -0.143. The van der Waals surface area contributed by atoms with Crippen LogP contribution >= 0.6 is 0 Å². The van der Waals surface area contributed by atoms with Gasteiger partial charge in [-0.05, 0) is 37.0 Å². The van der Waals surface area contributed by atoms with Gasteiger partial charge >= 0.3 is 5.97 Å². The Hall–Kier alpha value is -1.57. The third-order valence-electron chi connectivity index (χ3n) is 2.97. The summed E-state index contributed by atoms with van der Waals surface area (Å²) in [6.45, 7) is 9.65. The third-order valence-corrected chi connectivity index (χ3v) is 2.97. The molecule has 0 aliphatic heterocycles. The van der Waals surface area contributed by atoms with Crippen molar-refractivity contribution in [2.24, 2.45) is 0 Å². The first-order valence-electron chi connectivity index (χ1n) is 5.99. The summed E-state index contributed by atoms with van der Waals surface area (Å²) in [6, 6.07) is 6.10. The minimum Gasteiger partial charge on any atom is -0.454 e. The maximum atomic E-state index is 11.3. The van der Waals surface area contributed by atoms with Crippen LogP contribution in [-0.2, 0) is 9.53 Å². The van der Waals surface area contributed by atoms with Crippen molar-refractivity contribution in [1.29, 1.82) is 0 Å². The molecule has 2 heteroatoms. The average Bonchev–Trinajstić information content (AvgIpc) is 2.32. The predicted octanol–water partition coefficient (Wildman–Crippen LogP) is 3.87. The van der Waals surface area contributed by atoms with Crippen molar-refractivity contribution < 1.29 is 9.53 Å². The molecule has 0 aliphatic rings. The lowest BCUT2D eigenvalue weighted by Crippen LogP contribution is -2.11. The summed E-state index contributed by atoms with van der Waals surface area (Å²) in [5, 5.41) is 0. The summed E-state index contributed by atoms with van der Waals surface area (Å²) in [5.41, 5.74) is 3.52. The Labute approximate surface area is 103 Å². The molecule has 0 N–H and O–H groups in total. The Bertz CT molecular complexity index is 407. The number of hydrogen-bond donors (Lipinski definition) is 0. The smallest absolute Gasteiger partial charge is 0.330 e. The van der Waals surface area contributed by atoms with E-state index in [4.69, 9.17) is 4.74 Å². The van der Waals surface area contributed by atoms with Crippen molar-refractivity contribution in [2.75, 3.05) is 0 Å². The van der Waals surface area contributed by atoms with E-state index in [1.807, 2.05) is 12.1 Å². The second-order valence-corrected chi connectivity index (χ2v) is 4.21. The zero-order valence-corrected chi connectivity index (χ0v) is 10.8. The number of ether oxygens (including phenoxy) is 1. The van der Waals surface area contributed by atoms with Gasteiger partial charge in [0.1, 0.15) is 6.10 Å². The van der Waals surface area contributed by atoms with Gasteiger partial charge in [-0.15, -0.1) is 0 Å². The number of carbonyl (C=O) groups excluding carboxylic acids is 1. The zero-order chi connectivity index (χ0) is 12.8. The van der Waals surface area contributed by atoms with Crippen LogP contribution in [0.15, 0.2) is 30.9 Å². The van der Waals surface area contributed by atoms with E-state index in [9.17, 15) is 4.79 Å². The average molecular weight is 232 g/mol. The SMILES string of the molecule is C=CC(=O)OC(CCC)c1cccc(C)c1C. The van der Waals surface area contributed by atoms with Crippen molar-refractivity contribution in [3.63, 3.8) is 0 Å². The summed E-state index contributed by atoms with van der Waals surface area (Å²) < 4.78 is 5.40. The summed E-state index contributed by atoms with van der Waals surface area (Å²) in [4.78, 5) is 11.3. The maximum absolute atomic E-state index is 11.3. The molecule has 0 aliphatic carbocycles. The van der Waals surface area contributed by atoms with E-state index < -0.39 is 0 Å². The molecule has 1 aromatic rings. The minimum absolute atomic E-state index is 0.162. The van der Waals surface area contributed by atoms with Gasteiger partial charge < -0.3 is 4.74 Å². The number of hydrogen-bond acceptors (Lipinski definition) is 2. The Kier molecular flexibility index (Phi) is 4.95. The first-order valence-corrected chi connectivity index (χ1v) is 5.99. The van der Waals surface area contributed by atoms with Gasteiger partial charge in [0.25, 0.3) is 0 Å². The molecule has 0 heterocycles. The molecule has 1 atom stereocenters. The highest BCUT2D eigenvalue weighted by Gasteiger charge is 2.16. The highest BCUT2D eigenvalue weighted by Crippen LogP contribution is 2.27. The van der Waals surface area contributed by atoms with Crippen molar-refractivity contribution in [1.82, 2.24) is 0 Å². The lowest BCUT2D eigenvalue weighted by Gasteiger charge is -2.19. The molecule has 0 aromatic heterocycles. The van der Waals surface area contributed by atoms with E-state index in [1.54, 1.807) is 0 Å². The van der Waals surface area contributed by atoms with Crippen molar-refractivity contribution >= 4 is 5.97 Å². The number of esters is 1. The van der Waals surface area contributed by atoms with Crippen LogP contribution in [0.2, 0.25) is 0 Å². The van der Waals surface area contributed by atoms with Gasteiger partial charge in [-0.3, -0.25) is 0 Å². The van der Waals surface area contributed by atoms with Gasteiger partial charge in [-0.1, -0.05) is 38.1 Å².